The lowest BCUT2D eigenvalue weighted by atomic mass is 10.1. The number of aromatic carboxylic acids is 1. The van der Waals surface area contributed by atoms with Crippen molar-refractivity contribution in [1.82, 2.24) is 14.1 Å². The van der Waals surface area contributed by atoms with Gasteiger partial charge in [-0.25, -0.2) is 9.78 Å². The summed E-state index contributed by atoms with van der Waals surface area (Å²) in [5.41, 5.74) is 5.02. The van der Waals surface area contributed by atoms with Crippen molar-refractivity contribution in [3.63, 3.8) is 0 Å². The SMILES string of the molecule is CCn1c2ccccc2c2cc(-c3nc4cc(C(=O)O)ccc4n3CC(O)C3CC3)ccc21. The van der Waals surface area contributed by atoms with Crippen molar-refractivity contribution >= 4 is 38.8 Å². The quantitative estimate of drug-likeness (QED) is 0.376. The molecule has 33 heavy (non-hydrogen) atoms. The van der Waals surface area contributed by atoms with Gasteiger partial charge in [0.1, 0.15) is 5.82 Å². The highest BCUT2D eigenvalue weighted by atomic mass is 16.4. The average Bonchev–Trinajstić information content (AvgIpc) is 3.56. The molecule has 1 atom stereocenters. The summed E-state index contributed by atoms with van der Waals surface area (Å²) in [6.45, 7) is 3.48. The summed E-state index contributed by atoms with van der Waals surface area (Å²) >= 11 is 0. The van der Waals surface area contributed by atoms with Crippen LogP contribution in [0.15, 0.2) is 60.7 Å². The van der Waals surface area contributed by atoms with Gasteiger partial charge in [-0.3, -0.25) is 0 Å². The normalized spacial score (nSPS) is 15.0. The van der Waals surface area contributed by atoms with E-state index in [9.17, 15) is 15.0 Å². The fourth-order valence-corrected chi connectivity index (χ4v) is 5.02. The molecule has 6 rings (SSSR count). The molecular formula is C27H25N3O3. The van der Waals surface area contributed by atoms with Crippen LogP contribution in [0.3, 0.4) is 0 Å². The van der Waals surface area contributed by atoms with E-state index in [1.807, 2.05) is 4.57 Å². The number of benzene rings is 3. The molecule has 0 aliphatic heterocycles. The number of aromatic nitrogens is 3. The summed E-state index contributed by atoms with van der Waals surface area (Å²) < 4.78 is 4.36. The monoisotopic (exact) mass is 439 g/mol. The predicted molar refractivity (Wildman–Crippen MR) is 130 cm³/mol. The number of aliphatic hydroxyl groups excluding tert-OH is 1. The van der Waals surface area contributed by atoms with Gasteiger partial charge < -0.3 is 19.3 Å². The smallest absolute Gasteiger partial charge is 0.335 e. The van der Waals surface area contributed by atoms with Crippen LogP contribution in [0.2, 0.25) is 0 Å². The van der Waals surface area contributed by atoms with Gasteiger partial charge in [0, 0.05) is 33.9 Å². The fraction of sp³-hybridized carbons (Fsp3) is 0.259. The van der Waals surface area contributed by atoms with Crippen LogP contribution in [-0.2, 0) is 13.1 Å². The van der Waals surface area contributed by atoms with Crippen molar-refractivity contribution in [2.45, 2.75) is 39.0 Å². The minimum atomic E-state index is -0.972. The van der Waals surface area contributed by atoms with E-state index in [1.165, 1.54) is 16.4 Å². The summed E-state index contributed by atoms with van der Waals surface area (Å²) in [6.07, 6.45) is 1.66. The maximum atomic E-state index is 11.5. The summed E-state index contributed by atoms with van der Waals surface area (Å²) in [6, 6.07) is 19.8. The van der Waals surface area contributed by atoms with Crippen molar-refractivity contribution in [1.29, 1.82) is 0 Å². The molecule has 2 heterocycles. The highest BCUT2D eigenvalue weighted by molar-refractivity contribution is 6.09. The highest BCUT2D eigenvalue weighted by Gasteiger charge is 2.31. The van der Waals surface area contributed by atoms with Gasteiger partial charge in [-0.15, -0.1) is 0 Å². The number of hydrogen-bond acceptors (Lipinski definition) is 3. The van der Waals surface area contributed by atoms with Crippen LogP contribution in [0.5, 0.6) is 0 Å². The first-order chi connectivity index (χ1) is 16.0. The topological polar surface area (TPSA) is 80.3 Å². The van der Waals surface area contributed by atoms with Crippen LogP contribution < -0.4 is 0 Å². The van der Waals surface area contributed by atoms with Gasteiger partial charge in [-0.05, 0) is 68.1 Å². The Morgan fingerprint density at radius 3 is 2.52 bits per heavy atom. The number of nitrogens with zero attached hydrogens (tertiary/aromatic N) is 3. The Labute approximate surface area is 190 Å². The zero-order valence-corrected chi connectivity index (χ0v) is 18.4. The third-order valence-corrected chi connectivity index (χ3v) is 6.88. The number of aliphatic hydroxyl groups is 1. The number of carboxylic acid groups (broad SMARTS) is 1. The molecule has 6 nitrogen and oxygen atoms in total. The molecular weight excluding hydrogens is 414 g/mol. The van der Waals surface area contributed by atoms with Crippen LogP contribution in [0, 0.1) is 5.92 Å². The molecule has 166 valence electrons. The summed E-state index contributed by atoms with van der Waals surface area (Å²) in [4.78, 5) is 16.4. The number of rotatable bonds is 6. The van der Waals surface area contributed by atoms with Crippen LogP contribution in [0.1, 0.15) is 30.1 Å². The zero-order chi connectivity index (χ0) is 22.7. The third-order valence-electron chi connectivity index (χ3n) is 6.88. The number of carboxylic acids is 1. The van der Waals surface area contributed by atoms with E-state index in [4.69, 9.17) is 4.98 Å². The molecule has 1 saturated carbocycles. The molecule has 6 heteroatoms. The van der Waals surface area contributed by atoms with Gasteiger partial charge in [-0.1, -0.05) is 18.2 Å². The van der Waals surface area contributed by atoms with E-state index in [0.29, 0.717) is 18.0 Å². The molecule has 0 bridgehead atoms. The summed E-state index contributed by atoms with van der Waals surface area (Å²) in [5.74, 6) is 0.112. The fourth-order valence-electron chi connectivity index (χ4n) is 5.02. The molecule has 1 unspecified atom stereocenters. The highest BCUT2D eigenvalue weighted by Crippen LogP contribution is 2.36. The summed E-state index contributed by atoms with van der Waals surface area (Å²) in [7, 11) is 0. The first kappa shape index (κ1) is 20.0. The number of aryl methyl sites for hydroxylation is 1. The second-order valence-corrected chi connectivity index (χ2v) is 8.95. The Balaban J connectivity index is 1.57. The van der Waals surface area contributed by atoms with E-state index < -0.39 is 12.1 Å². The van der Waals surface area contributed by atoms with Crippen LogP contribution in [0.4, 0.5) is 0 Å². The Morgan fingerprint density at radius 1 is 1.00 bits per heavy atom. The Morgan fingerprint density at radius 2 is 1.76 bits per heavy atom. The molecule has 1 aliphatic carbocycles. The van der Waals surface area contributed by atoms with E-state index in [1.54, 1.807) is 18.2 Å². The van der Waals surface area contributed by atoms with Crippen LogP contribution >= 0.6 is 0 Å². The number of imidazole rings is 1. The Kier molecular flexibility index (Phi) is 4.52. The van der Waals surface area contributed by atoms with E-state index >= 15 is 0 Å². The standard InChI is InChI=1S/C27H25N3O3/c1-2-29-22-6-4-3-5-19(22)20-13-17(9-11-23(20)29)26-28-21-14-18(27(32)33)10-12-24(21)30(26)15-25(31)16-7-8-16/h3-6,9-14,16,25,31H,2,7-8,15H2,1H3,(H,32,33). The first-order valence-electron chi connectivity index (χ1n) is 11.5. The molecule has 2 N–H and O–H groups in total. The number of hydrogen-bond donors (Lipinski definition) is 2. The lowest BCUT2D eigenvalue weighted by Crippen LogP contribution is -2.18. The van der Waals surface area contributed by atoms with Crippen molar-refractivity contribution in [3.05, 3.63) is 66.2 Å². The average molecular weight is 440 g/mol. The van der Waals surface area contributed by atoms with Gasteiger partial charge in [0.2, 0.25) is 0 Å². The van der Waals surface area contributed by atoms with Gasteiger partial charge >= 0.3 is 5.97 Å². The summed E-state index contributed by atoms with van der Waals surface area (Å²) in [5, 5.41) is 22.5. The largest absolute Gasteiger partial charge is 0.478 e. The first-order valence-corrected chi connectivity index (χ1v) is 11.5. The van der Waals surface area contributed by atoms with Crippen molar-refractivity contribution < 1.29 is 15.0 Å². The molecule has 5 aromatic rings. The minimum absolute atomic E-state index is 0.211. The number of para-hydroxylation sites is 1. The molecule has 0 saturated heterocycles. The van der Waals surface area contributed by atoms with E-state index in [0.717, 1.165) is 41.7 Å². The predicted octanol–water partition coefficient (Wildman–Crippen LogP) is 5.30. The lowest BCUT2D eigenvalue weighted by Gasteiger charge is -2.14. The zero-order valence-electron chi connectivity index (χ0n) is 18.4. The molecule has 0 radical (unpaired) electrons. The van der Waals surface area contributed by atoms with Gasteiger partial charge in [0.05, 0.1) is 29.2 Å². The van der Waals surface area contributed by atoms with Crippen molar-refractivity contribution in [2.75, 3.05) is 0 Å². The number of fused-ring (bicyclic) bond motifs is 4. The van der Waals surface area contributed by atoms with Crippen molar-refractivity contribution in [3.8, 4) is 11.4 Å². The Bertz CT molecular complexity index is 1540. The molecule has 0 amide bonds. The maximum Gasteiger partial charge on any atom is 0.335 e. The second kappa shape index (κ2) is 7.46. The molecule has 0 spiro atoms. The minimum Gasteiger partial charge on any atom is -0.478 e. The maximum absolute atomic E-state index is 11.5. The van der Waals surface area contributed by atoms with E-state index in [2.05, 4.69) is 54.0 Å². The molecule has 3 aromatic carbocycles. The van der Waals surface area contributed by atoms with Crippen LogP contribution in [-0.4, -0.2) is 36.4 Å². The third kappa shape index (κ3) is 3.21. The van der Waals surface area contributed by atoms with Gasteiger partial charge in [-0.2, -0.15) is 0 Å². The van der Waals surface area contributed by atoms with Crippen molar-refractivity contribution in [2.24, 2.45) is 5.92 Å². The second-order valence-electron chi connectivity index (χ2n) is 8.95. The molecule has 2 aromatic heterocycles. The molecule has 1 aliphatic rings. The lowest BCUT2D eigenvalue weighted by molar-refractivity contribution is 0.0697. The van der Waals surface area contributed by atoms with Gasteiger partial charge in [0.15, 0.2) is 0 Å². The van der Waals surface area contributed by atoms with E-state index in [-0.39, 0.29) is 5.56 Å². The molecule has 1 fully saturated rings. The Hall–Kier alpha value is -3.64. The van der Waals surface area contributed by atoms with Gasteiger partial charge in [0.25, 0.3) is 0 Å². The van der Waals surface area contributed by atoms with Crippen LogP contribution in [0.25, 0.3) is 44.2 Å². The number of carbonyl (C=O) groups is 1.